The number of pyridine rings is 1. The number of carbonyl (C=O) groups excluding carboxylic acids is 2. The number of fused-ring (bicyclic) bond motifs is 1. The minimum atomic E-state index is -0.444. The predicted molar refractivity (Wildman–Crippen MR) is 46.7 cm³/mol. The van der Waals surface area contributed by atoms with Gasteiger partial charge in [-0.1, -0.05) is 0 Å². The number of amides is 1. The molecule has 14 heavy (non-hydrogen) atoms. The Bertz CT molecular complexity index is 415. The van der Waals surface area contributed by atoms with Crippen LogP contribution in [-0.2, 0) is 11.3 Å². The van der Waals surface area contributed by atoms with Crippen LogP contribution in [0, 0.1) is 0 Å². The van der Waals surface area contributed by atoms with E-state index in [0.717, 1.165) is 0 Å². The molecule has 5 nitrogen and oxygen atoms in total. The van der Waals surface area contributed by atoms with Crippen LogP contribution in [0.3, 0.4) is 0 Å². The van der Waals surface area contributed by atoms with Gasteiger partial charge in [-0.15, -0.1) is 0 Å². The van der Waals surface area contributed by atoms with E-state index in [4.69, 9.17) is 0 Å². The number of nitrogens with one attached hydrogen (secondary N) is 1. The standard InChI is InChI=1S/C9H8N2O3/c1-14-9(13)5-2-3-10-7-6(5)4-11-8(7)12/h2-3H,4H2,1H3,(H,11,12). The summed E-state index contributed by atoms with van der Waals surface area (Å²) in [6, 6.07) is 1.55. The SMILES string of the molecule is COC(=O)c1ccnc2c1CNC2=O. The zero-order chi connectivity index (χ0) is 10.1. The molecule has 0 saturated carbocycles. The molecule has 1 N–H and O–H groups in total. The quantitative estimate of drug-likeness (QED) is 0.641. The number of nitrogens with zero attached hydrogens (tertiary/aromatic N) is 1. The fraction of sp³-hybridized carbons (Fsp3) is 0.222. The monoisotopic (exact) mass is 192 g/mol. The molecule has 0 spiro atoms. The summed E-state index contributed by atoms with van der Waals surface area (Å²) in [5, 5.41) is 2.60. The molecule has 0 fully saturated rings. The van der Waals surface area contributed by atoms with E-state index >= 15 is 0 Å². The lowest BCUT2D eigenvalue weighted by Gasteiger charge is -2.02. The maximum absolute atomic E-state index is 11.3. The molecular weight excluding hydrogens is 184 g/mol. The first-order valence-electron chi connectivity index (χ1n) is 4.08. The molecule has 1 aromatic heterocycles. The van der Waals surface area contributed by atoms with Crippen LogP contribution in [0.2, 0.25) is 0 Å². The molecular formula is C9H8N2O3. The third-order valence-electron chi connectivity index (χ3n) is 2.10. The van der Waals surface area contributed by atoms with E-state index in [1.807, 2.05) is 0 Å². The van der Waals surface area contributed by atoms with Crippen LogP contribution in [0.1, 0.15) is 26.4 Å². The highest BCUT2D eigenvalue weighted by Gasteiger charge is 2.25. The summed E-state index contributed by atoms with van der Waals surface area (Å²) >= 11 is 0. The average Bonchev–Trinajstić information content (AvgIpc) is 2.59. The molecule has 2 rings (SSSR count). The molecule has 0 aliphatic carbocycles. The Kier molecular flexibility index (Phi) is 1.92. The van der Waals surface area contributed by atoms with Crippen LogP contribution in [0.25, 0.3) is 0 Å². The summed E-state index contributed by atoms with van der Waals surface area (Å²) in [5.74, 6) is -0.689. The summed E-state index contributed by atoms with van der Waals surface area (Å²) in [4.78, 5) is 26.4. The molecule has 1 aliphatic rings. The summed E-state index contributed by atoms with van der Waals surface area (Å²) in [6.45, 7) is 0.340. The number of carbonyl (C=O) groups is 2. The van der Waals surface area contributed by atoms with E-state index in [0.29, 0.717) is 23.4 Å². The smallest absolute Gasteiger partial charge is 0.338 e. The fourth-order valence-corrected chi connectivity index (χ4v) is 1.42. The van der Waals surface area contributed by atoms with E-state index in [1.165, 1.54) is 13.3 Å². The molecule has 0 saturated heterocycles. The van der Waals surface area contributed by atoms with Gasteiger partial charge in [0, 0.05) is 18.3 Å². The lowest BCUT2D eigenvalue weighted by molar-refractivity contribution is 0.0599. The summed E-state index contributed by atoms with van der Waals surface area (Å²) in [6.07, 6.45) is 1.43. The lowest BCUT2D eigenvalue weighted by Crippen LogP contribution is -2.13. The Morgan fingerprint density at radius 1 is 1.64 bits per heavy atom. The maximum Gasteiger partial charge on any atom is 0.338 e. The number of hydrogen-bond donors (Lipinski definition) is 1. The first-order chi connectivity index (χ1) is 6.74. The number of esters is 1. The number of ether oxygens (including phenoxy) is 1. The molecule has 72 valence electrons. The van der Waals surface area contributed by atoms with Gasteiger partial charge in [-0.3, -0.25) is 9.78 Å². The molecule has 1 aliphatic heterocycles. The van der Waals surface area contributed by atoms with E-state index < -0.39 is 5.97 Å². The van der Waals surface area contributed by atoms with Gasteiger partial charge in [-0.25, -0.2) is 4.79 Å². The van der Waals surface area contributed by atoms with Crippen LogP contribution >= 0.6 is 0 Å². The van der Waals surface area contributed by atoms with Gasteiger partial charge in [0.2, 0.25) is 0 Å². The van der Waals surface area contributed by atoms with Crippen molar-refractivity contribution in [3.63, 3.8) is 0 Å². The predicted octanol–water partition coefficient (Wildman–Crippen LogP) is 0.112. The van der Waals surface area contributed by atoms with Crippen LogP contribution < -0.4 is 5.32 Å². The van der Waals surface area contributed by atoms with Gasteiger partial charge in [-0.05, 0) is 6.07 Å². The zero-order valence-electron chi connectivity index (χ0n) is 7.53. The van der Waals surface area contributed by atoms with Crippen molar-refractivity contribution in [1.82, 2.24) is 10.3 Å². The summed E-state index contributed by atoms with van der Waals surface area (Å²) in [7, 11) is 1.30. The number of methoxy groups -OCH3 is 1. The number of hydrogen-bond acceptors (Lipinski definition) is 4. The number of rotatable bonds is 1. The van der Waals surface area contributed by atoms with E-state index in [-0.39, 0.29) is 5.91 Å². The fourth-order valence-electron chi connectivity index (χ4n) is 1.42. The van der Waals surface area contributed by atoms with Gasteiger partial charge in [0.05, 0.1) is 12.7 Å². The first kappa shape index (κ1) is 8.68. The Morgan fingerprint density at radius 2 is 2.43 bits per heavy atom. The second-order valence-corrected chi connectivity index (χ2v) is 2.86. The van der Waals surface area contributed by atoms with Crippen molar-refractivity contribution >= 4 is 11.9 Å². The van der Waals surface area contributed by atoms with Crippen molar-refractivity contribution in [3.05, 3.63) is 29.1 Å². The zero-order valence-corrected chi connectivity index (χ0v) is 7.53. The largest absolute Gasteiger partial charge is 0.465 e. The van der Waals surface area contributed by atoms with Gasteiger partial charge in [-0.2, -0.15) is 0 Å². The van der Waals surface area contributed by atoms with Crippen molar-refractivity contribution in [2.75, 3.05) is 7.11 Å². The van der Waals surface area contributed by atoms with E-state index in [9.17, 15) is 9.59 Å². The van der Waals surface area contributed by atoms with Crippen LogP contribution in [0.4, 0.5) is 0 Å². The second-order valence-electron chi connectivity index (χ2n) is 2.86. The minimum absolute atomic E-state index is 0.245. The van der Waals surface area contributed by atoms with Gasteiger partial charge in [0.15, 0.2) is 0 Å². The molecule has 1 amide bonds. The van der Waals surface area contributed by atoms with Gasteiger partial charge in [0.1, 0.15) is 5.69 Å². The van der Waals surface area contributed by atoms with Gasteiger partial charge >= 0.3 is 5.97 Å². The molecule has 0 aromatic carbocycles. The first-order valence-corrected chi connectivity index (χ1v) is 4.08. The third-order valence-corrected chi connectivity index (χ3v) is 2.10. The second kappa shape index (κ2) is 3.10. The molecule has 0 unspecified atom stereocenters. The Labute approximate surface area is 80.1 Å². The van der Waals surface area contributed by atoms with Crippen LogP contribution in [0.15, 0.2) is 12.3 Å². The van der Waals surface area contributed by atoms with Crippen molar-refractivity contribution in [1.29, 1.82) is 0 Å². The van der Waals surface area contributed by atoms with Crippen molar-refractivity contribution in [3.8, 4) is 0 Å². The van der Waals surface area contributed by atoms with Crippen molar-refractivity contribution in [2.45, 2.75) is 6.54 Å². The number of aromatic nitrogens is 1. The highest BCUT2D eigenvalue weighted by atomic mass is 16.5. The molecule has 1 aromatic rings. The topological polar surface area (TPSA) is 68.3 Å². The summed E-state index contributed by atoms with van der Waals surface area (Å²) < 4.78 is 4.59. The Hall–Kier alpha value is -1.91. The molecule has 5 heteroatoms. The van der Waals surface area contributed by atoms with Crippen molar-refractivity contribution < 1.29 is 14.3 Å². The normalized spacial score (nSPS) is 13.4. The highest BCUT2D eigenvalue weighted by molar-refractivity contribution is 6.01. The van der Waals surface area contributed by atoms with E-state index in [1.54, 1.807) is 6.07 Å². The van der Waals surface area contributed by atoms with Crippen molar-refractivity contribution in [2.24, 2.45) is 0 Å². The molecule has 0 atom stereocenters. The summed E-state index contributed by atoms with van der Waals surface area (Å²) in [5.41, 5.74) is 1.33. The van der Waals surface area contributed by atoms with Crippen LogP contribution in [0.5, 0.6) is 0 Å². The van der Waals surface area contributed by atoms with Gasteiger partial charge in [0.25, 0.3) is 5.91 Å². The third kappa shape index (κ3) is 1.14. The molecule has 2 heterocycles. The van der Waals surface area contributed by atoms with Crippen LogP contribution in [-0.4, -0.2) is 24.0 Å². The Morgan fingerprint density at radius 3 is 3.14 bits per heavy atom. The van der Waals surface area contributed by atoms with Gasteiger partial charge < -0.3 is 10.1 Å². The Balaban J connectivity index is 2.54. The lowest BCUT2D eigenvalue weighted by atomic mass is 10.1. The van der Waals surface area contributed by atoms with E-state index in [2.05, 4.69) is 15.0 Å². The average molecular weight is 192 g/mol. The highest BCUT2D eigenvalue weighted by Crippen LogP contribution is 2.17. The molecule has 0 bridgehead atoms. The minimum Gasteiger partial charge on any atom is -0.465 e. The maximum atomic E-state index is 11.3. The molecule has 0 radical (unpaired) electrons.